The number of hydrogen-bond donors (Lipinski definition) is 0. The second kappa shape index (κ2) is 6.33. The highest BCUT2D eigenvalue weighted by Crippen LogP contribution is 2.11. The van der Waals surface area contributed by atoms with Gasteiger partial charge in [-0.2, -0.15) is 4.98 Å². The van der Waals surface area contributed by atoms with E-state index in [-0.39, 0.29) is 17.1 Å². The third kappa shape index (κ3) is 3.65. The van der Waals surface area contributed by atoms with Crippen molar-refractivity contribution >= 4 is 5.91 Å². The maximum Gasteiger partial charge on any atom is 0.289 e. The number of aryl methyl sites for hydroxylation is 2. The summed E-state index contributed by atoms with van der Waals surface area (Å²) in [5.74, 6) is 1.47. The van der Waals surface area contributed by atoms with E-state index in [1.807, 2.05) is 0 Å². The minimum absolute atomic E-state index is 0.0947. The molecule has 3 heterocycles. The van der Waals surface area contributed by atoms with Crippen molar-refractivity contribution < 1.29 is 13.7 Å². The fourth-order valence-corrected chi connectivity index (χ4v) is 2.58. The Morgan fingerprint density at radius 3 is 2.57 bits per heavy atom. The number of carbonyl (C=O) groups excluding carboxylic acids is 1. The first-order chi connectivity index (χ1) is 11.0. The molecule has 8 heteroatoms. The summed E-state index contributed by atoms with van der Waals surface area (Å²) in [5, 5.41) is 3.87. The van der Waals surface area contributed by atoms with Crippen LogP contribution in [0, 0.1) is 13.8 Å². The van der Waals surface area contributed by atoms with E-state index in [0.717, 1.165) is 0 Å². The molecule has 1 saturated heterocycles. The zero-order valence-electron chi connectivity index (χ0n) is 13.1. The number of rotatable bonds is 3. The molecule has 0 radical (unpaired) electrons. The van der Waals surface area contributed by atoms with Crippen LogP contribution in [0.3, 0.4) is 0 Å². The van der Waals surface area contributed by atoms with Gasteiger partial charge in [0, 0.05) is 45.2 Å². The molecule has 0 aliphatic carbocycles. The number of piperazine rings is 1. The van der Waals surface area contributed by atoms with Crippen LogP contribution < -0.4 is 5.43 Å². The van der Waals surface area contributed by atoms with Gasteiger partial charge in [0.05, 0.1) is 6.54 Å². The van der Waals surface area contributed by atoms with Crippen molar-refractivity contribution in [2.75, 3.05) is 26.2 Å². The summed E-state index contributed by atoms with van der Waals surface area (Å²) in [4.78, 5) is 31.9. The van der Waals surface area contributed by atoms with Crippen LogP contribution in [-0.2, 0) is 6.54 Å². The SMILES string of the molecule is Cc1cc(=O)cc(C(=O)N2CCN(Cc3noc(C)n3)CC2)o1. The van der Waals surface area contributed by atoms with Crippen LogP contribution in [0.2, 0.25) is 0 Å². The summed E-state index contributed by atoms with van der Waals surface area (Å²) in [6.45, 7) is 6.54. The van der Waals surface area contributed by atoms with Gasteiger partial charge in [0.15, 0.2) is 17.0 Å². The summed E-state index contributed by atoms with van der Waals surface area (Å²) in [6, 6.07) is 2.60. The topological polar surface area (TPSA) is 92.7 Å². The number of amides is 1. The highest BCUT2D eigenvalue weighted by molar-refractivity contribution is 5.91. The largest absolute Gasteiger partial charge is 0.456 e. The number of carbonyl (C=O) groups is 1. The van der Waals surface area contributed by atoms with Crippen molar-refractivity contribution in [1.29, 1.82) is 0 Å². The van der Waals surface area contributed by atoms with Crippen molar-refractivity contribution in [2.24, 2.45) is 0 Å². The van der Waals surface area contributed by atoms with E-state index in [4.69, 9.17) is 8.94 Å². The van der Waals surface area contributed by atoms with Crippen molar-refractivity contribution in [3.05, 3.63) is 45.6 Å². The van der Waals surface area contributed by atoms with Crippen LogP contribution in [0.5, 0.6) is 0 Å². The Balaban J connectivity index is 1.60. The lowest BCUT2D eigenvalue weighted by Crippen LogP contribution is -2.48. The van der Waals surface area contributed by atoms with Crippen LogP contribution in [0.1, 0.15) is 28.0 Å². The zero-order chi connectivity index (χ0) is 16.4. The van der Waals surface area contributed by atoms with Gasteiger partial charge in [-0.15, -0.1) is 0 Å². The van der Waals surface area contributed by atoms with Gasteiger partial charge < -0.3 is 13.8 Å². The van der Waals surface area contributed by atoms with Gasteiger partial charge in [-0.3, -0.25) is 14.5 Å². The first-order valence-corrected chi connectivity index (χ1v) is 7.44. The molecule has 8 nitrogen and oxygen atoms in total. The maximum absolute atomic E-state index is 12.4. The van der Waals surface area contributed by atoms with Gasteiger partial charge in [0.1, 0.15) is 5.76 Å². The van der Waals surface area contributed by atoms with E-state index in [9.17, 15) is 9.59 Å². The van der Waals surface area contributed by atoms with Crippen LogP contribution in [0.25, 0.3) is 0 Å². The molecule has 2 aromatic rings. The molecule has 2 aromatic heterocycles. The highest BCUT2D eigenvalue weighted by atomic mass is 16.5. The Labute approximate surface area is 132 Å². The molecule has 0 bridgehead atoms. The monoisotopic (exact) mass is 318 g/mol. The summed E-state index contributed by atoms with van der Waals surface area (Å²) in [7, 11) is 0. The molecule has 0 unspecified atom stereocenters. The molecule has 122 valence electrons. The molecular formula is C15H18N4O4. The Hall–Kier alpha value is -2.48. The van der Waals surface area contributed by atoms with Gasteiger partial charge in [0.25, 0.3) is 5.91 Å². The normalized spacial score (nSPS) is 15.8. The van der Waals surface area contributed by atoms with Crippen LogP contribution in [-0.4, -0.2) is 52.0 Å². The van der Waals surface area contributed by atoms with E-state index in [1.54, 1.807) is 18.7 Å². The fraction of sp³-hybridized carbons (Fsp3) is 0.467. The highest BCUT2D eigenvalue weighted by Gasteiger charge is 2.24. The van der Waals surface area contributed by atoms with Crippen molar-refractivity contribution in [3.63, 3.8) is 0 Å². The zero-order valence-corrected chi connectivity index (χ0v) is 13.1. The molecule has 0 spiro atoms. The third-order valence-electron chi connectivity index (χ3n) is 3.69. The minimum Gasteiger partial charge on any atom is -0.456 e. The molecule has 0 saturated carbocycles. The molecule has 1 aliphatic heterocycles. The fourth-order valence-electron chi connectivity index (χ4n) is 2.58. The first kappa shape index (κ1) is 15.4. The average molecular weight is 318 g/mol. The molecule has 1 amide bonds. The molecule has 23 heavy (non-hydrogen) atoms. The molecular weight excluding hydrogens is 300 g/mol. The van der Waals surface area contributed by atoms with Gasteiger partial charge >= 0.3 is 0 Å². The molecule has 1 aliphatic rings. The average Bonchev–Trinajstić information content (AvgIpc) is 2.91. The standard InChI is InChI=1S/C15H18N4O4/c1-10-7-12(20)8-13(22-10)15(21)19-5-3-18(4-6-19)9-14-16-11(2)23-17-14/h7-8H,3-6,9H2,1-2H3. The van der Waals surface area contributed by atoms with Crippen LogP contribution >= 0.6 is 0 Å². The predicted molar refractivity (Wildman–Crippen MR) is 79.9 cm³/mol. The van der Waals surface area contributed by atoms with Crippen LogP contribution in [0.15, 0.2) is 25.9 Å². The Kier molecular flexibility index (Phi) is 4.24. The van der Waals surface area contributed by atoms with E-state index < -0.39 is 0 Å². The summed E-state index contributed by atoms with van der Waals surface area (Å²) >= 11 is 0. The Morgan fingerprint density at radius 1 is 1.22 bits per heavy atom. The van der Waals surface area contributed by atoms with Crippen LogP contribution in [0.4, 0.5) is 0 Å². The smallest absolute Gasteiger partial charge is 0.289 e. The van der Waals surface area contributed by atoms with Gasteiger partial charge in [-0.1, -0.05) is 5.16 Å². The Morgan fingerprint density at radius 2 is 1.96 bits per heavy atom. The maximum atomic E-state index is 12.4. The van der Waals surface area contributed by atoms with Gasteiger partial charge in [-0.25, -0.2) is 0 Å². The van der Waals surface area contributed by atoms with Crippen molar-refractivity contribution in [3.8, 4) is 0 Å². The summed E-state index contributed by atoms with van der Waals surface area (Å²) in [6.07, 6.45) is 0. The number of hydrogen-bond acceptors (Lipinski definition) is 7. The Bertz CT molecular complexity index is 759. The van der Waals surface area contributed by atoms with Gasteiger partial charge in [-0.05, 0) is 6.92 Å². The van der Waals surface area contributed by atoms with Gasteiger partial charge in [0.2, 0.25) is 5.89 Å². The molecule has 0 aromatic carbocycles. The second-order valence-electron chi connectivity index (χ2n) is 5.57. The van der Waals surface area contributed by atoms with E-state index in [1.165, 1.54) is 12.1 Å². The van der Waals surface area contributed by atoms with E-state index in [2.05, 4.69) is 15.0 Å². The predicted octanol–water partition coefficient (Wildman–Crippen LogP) is 0.598. The third-order valence-corrected chi connectivity index (χ3v) is 3.69. The number of aromatic nitrogens is 2. The summed E-state index contributed by atoms with van der Waals surface area (Å²) < 4.78 is 10.3. The second-order valence-corrected chi connectivity index (χ2v) is 5.57. The van der Waals surface area contributed by atoms with Crippen molar-refractivity contribution in [2.45, 2.75) is 20.4 Å². The number of nitrogens with zero attached hydrogens (tertiary/aromatic N) is 4. The molecule has 0 atom stereocenters. The summed E-state index contributed by atoms with van der Waals surface area (Å²) in [5.41, 5.74) is -0.219. The van der Waals surface area contributed by atoms with E-state index >= 15 is 0 Å². The lowest BCUT2D eigenvalue weighted by atomic mass is 10.2. The quantitative estimate of drug-likeness (QED) is 0.818. The van der Waals surface area contributed by atoms with Crippen molar-refractivity contribution in [1.82, 2.24) is 19.9 Å². The lowest BCUT2D eigenvalue weighted by molar-refractivity contribution is 0.0589. The van der Waals surface area contributed by atoms with E-state index in [0.29, 0.717) is 50.2 Å². The molecule has 3 rings (SSSR count). The molecule has 1 fully saturated rings. The molecule has 0 N–H and O–H groups in total. The minimum atomic E-state index is -0.249. The first-order valence-electron chi connectivity index (χ1n) is 7.44. The lowest BCUT2D eigenvalue weighted by Gasteiger charge is -2.33.